The monoisotopic (exact) mass is 329 g/mol. The number of fused-ring (bicyclic) bond motifs is 1. The zero-order valence-electron chi connectivity index (χ0n) is 12.1. The minimum Gasteiger partial charge on any atom is -0.496 e. The molecule has 116 valence electrons. The molecule has 0 unspecified atom stereocenters. The van der Waals surface area contributed by atoms with E-state index in [-0.39, 0.29) is 5.69 Å². The molecule has 3 aromatic rings. The van der Waals surface area contributed by atoms with Crippen molar-refractivity contribution in [3.8, 4) is 5.75 Å². The van der Waals surface area contributed by atoms with E-state index in [9.17, 15) is 10.1 Å². The predicted octanol–water partition coefficient (Wildman–Crippen LogP) is 4.55. The molecule has 1 aromatic heterocycles. The molecule has 0 spiro atoms. The molecule has 0 saturated heterocycles. The average Bonchev–Trinajstić information content (AvgIpc) is 2.56. The Kier molecular flexibility index (Phi) is 3.99. The molecule has 0 aliphatic carbocycles. The second kappa shape index (κ2) is 6.10. The Morgan fingerprint density at radius 2 is 1.96 bits per heavy atom. The van der Waals surface area contributed by atoms with Crippen molar-refractivity contribution in [3.05, 3.63) is 63.8 Å². The van der Waals surface area contributed by atoms with Crippen LogP contribution < -0.4 is 10.1 Å². The van der Waals surface area contributed by atoms with Crippen LogP contribution in [0.15, 0.2) is 48.7 Å². The van der Waals surface area contributed by atoms with Crippen LogP contribution in [0.5, 0.6) is 5.75 Å². The maximum Gasteiger partial charge on any atom is 0.299 e. The number of hydrogen-bond acceptors (Lipinski definition) is 5. The standard InChI is InChI=1S/C16H12ClN3O3/c1-23-12-8-13-14(19-11-4-2-10(17)3-5-11)6-7-18-16(13)15(9-12)20(21)22/h2-9H,1H3,(H,18,19). The SMILES string of the molecule is COc1cc([N+](=O)[O-])c2nccc(Nc3ccc(Cl)cc3)c2c1. The van der Waals surface area contributed by atoms with Gasteiger partial charge in [0, 0.05) is 28.0 Å². The van der Waals surface area contributed by atoms with Gasteiger partial charge in [-0.25, -0.2) is 4.98 Å². The van der Waals surface area contributed by atoms with Gasteiger partial charge < -0.3 is 10.1 Å². The van der Waals surface area contributed by atoms with E-state index >= 15 is 0 Å². The van der Waals surface area contributed by atoms with Gasteiger partial charge in [-0.1, -0.05) is 11.6 Å². The van der Waals surface area contributed by atoms with Gasteiger partial charge in [-0.2, -0.15) is 0 Å². The number of nitrogens with one attached hydrogen (secondary N) is 1. The number of methoxy groups -OCH3 is 1. The lowest BCUT2D eigenvalue weighted by molar-refractivity contribution is -0.383. The number of hydrogen-bond donors (Lipinski definition) is 1. The Morgan fingerprint density at radius 3 is 2.61 bits per heavy atom. The van der Waals surface area contributed by atoms with Crippen molar-refractivity contribution in [1.29, 1.82) is 0 Å². The number of nitro benzene ring substituents is 1. The van der Waals surface area contributed by atoms with E-state index in [4.69, 9.17) is 16.3 Å². The number of nitro groups is 1. The molecule has 23 heavy (non-hydrogen) atoms. The lowest BCUT2D eigenvalue weighted by atomic mass is 10.1. The van der Waals surface area contributed by atoms with Crippen molar-refractivity contribution in [1.82, 2.24) is 4.98 Å². The van der Waals surface area contributed by atoms with E-state index < -0.39 is 4.92 Å². The number of rotatable bonds is 4. The molecule has 0 aliphatic rings. The van der Waals surface area contributed by atoms with Crippen molar-refractivity contribution in [3.63, 3.8) is 0 Å². The van der Waals surface area contributed by atoms with Crippen LogP contribution in [-0.2, 0) is 0 Å². The number of halogens is 1. The Morgan fingerprint density at radius 1 is 1.22 bits per heavy atom. The van der Waals surface area contributed by atoms with E-state index in [0.29, 0.717) is 27.4 Å². The number of anilines is 2. The van der Waals surface area contributed by atoms with Gasteiger partial charge in [0.15, 0.2) is 5.52 Å². The second-order valence-electron chi connectivity index (χ2n) is 4.79. The third-order valence-corrected chi connectivity index (χ3v) is 3.61. The number of pyridine rings is 1. The van der Waals surface area contributed by atoms with Crippen LogP contribution >= 0.6 is 11.6 Å². The van der Waals surface area contributed by atoms with Crippen molar-refractivity contribution in [2.75, 3.05) is 12.4 Å². The summed E-state index contributed by atoms with van der Waals surface area (Å²) in [4.78, 5) is 14.9. The van der Waals surface area contributed by atoms with Gasteiger partial charge in [-0.3, -0.25) is 10.1 Å². The van der Waals surface area contributed by atoms with Gasteiger partial charge in [-0.15, -0.1) is 0 Å². The topological polar surface area (TPSA) is 77.3 Å². The van der Waals surface area contributed by atoms with Crippen molar-refractivity contribution < 1.29 is 9.66 Å². The molecular formula is C16H12ClN3O3. The van der Waals surface area contributed by atoms with E-state index in [0.717, 1.165) is 5.69 Å². The molecule has 0 amide bonds. The highest BCUT2D eigenvalue weighted by Crippen LogP contribution is 2.34. The first-order valence-electron chi connectivity index (χ1n) is 6.72. The summed E-state index contributed by atoms with van der Waals surface area (Å²) in [7, 11) is 1.47. The van der Waals surface area contributed by atoms with E-state index in [1.54, 1.807) is 24.3 Å². The molecule has 0 aliphatic heterocycles. The lowest BCUT2D eigenvalue weighted by Crippen LogP contribution is -1.97. The molecule has 0 bridgehead atoms. The molecule has 0 fully saturated rings. The van der Waals surface area contributed by atoms with E-state index in [1.165, 1.54) is 19.4 Å². The highest BCUT2D eigenvalue weighted by Gasteiger charge is 2.17. The normalized spacial score (nSPS) is 10.5. The van der Waals surface area contributed by atoms with Gasteiger partial charge in [0.2, 0.25) is 0 Å². The van der Waals surface area contributed by atoms with E-state index in [1.807, 2.05) is 12.1 Å². The van der Waals surface area contributed by atoms with Crippen LogP contribution in [0.25, 0.3) is 10.9 Å². The van der Waals surface area contributed by atoms with Crippen molar-refractivity contribution >= 4 is 39.6 Å². The second-order valence-corrected chi connectivity index (χ2v) is 5.23. The third-order valence-electron chi connectivity index (χ3n) is 3.35. The fourth-order valence-electron chi connectivity index (χ4n) is 2.27. The molecule has 0 atom stereocenters. The highest BCUT2D eigenvalue weighted by molar-refractivity contribution is 6.30. The number of non-ortho nitro benzene ring substituents is 1. The van der Waals surface area contributed by atoms with Crippen LogP contribution in [0.3, 0.4) is 0 Å². The van der Waals surface area contributed by atoms with Crippen LogP contribution in [-0.4, -0.2) is 17.0 Å². The summed E-state index contributed by atoms with van der Waals surface area (Å²) in [5.41, 5.74) is 1.71. The Balaban J connectivity index is 2.15. The first-order valence-corrected chi connectivity index (χ1v) is 7.10. The van der Waals surface area contributed by atoms with Gasteiger partial charge >= 0.3 is 0 Å². The quantitative estimate of drug-likeness (QED) is 0.561. The van der Waals surface area contributed by atoms with Crippen molar-refractivity contribution in [2.45, 2.75) is 0 Å². The predicted molar refractivity (Wildman–Crippen MR) is 89.7 cm³/mol. The largest absolute Gasteiger partial charge is 0.496 e. The van der Waals surface area contributed by atoms with Gasteiger partial charge in [-0.05, 0) is 36.4 Å². The zero-order valence-corrected chi connectivity index (χ0v) is 12.9. The molecular weight excluding hydrogens is 318 g/mol. The summed E-state index contributed by atoms with van der Waals surface area (Å²) in [5.74, 6) is 0.399. The van der Waals surface area contributed by atoms with Gasteiger partial charge in [0.25, 0.3) is 5.69 Å². The lowest BCUT2D eigenvalue weighted by Gasteiger charge is -2.11. The number of benzene rings is 2. The molecule has 3 rings (SSSR count). The molecule has 7 heteroatoms. The number of nitrogens with zero attached hydrogens (tertiary/aromatic N) is 2. The summed E-state index contributed by atoms with van der Waals surface area (Å²) in [6.45, 7) is 0. The molecule has 1 heterocycles. The fourth-order valence-corrected chi connectivity index (χ4v) is 2.39. The highest BCUT2D eigenvalue weighted by atomic mass is 35.5. The minimum atomic E-state index is -0.468. The molecule has 0 radical (unpaired) electrons. The maximum atomic E-state index is 11.3. The third kappa shape index (κ3) is 3.02. The molecule has 0 saturated carbocycles. The maximum absolute atomic E-state index is 11.3. The minimum absolute atomic E-state index is 0.0980. The van der Waals surface area contributed by atoms with Gasteiger partial charge in [0.05, 0.1) is 18.1 Å². The Labute approximate surface area is 136 Å². The summed E-state index contributed by atoms with van der Waals surface area (Å²) >= 11 is 5.88. The smallest absolute Gasteiger partial charge is 0.299 e. The van der Waals surface area contributed by atoms with Gasteiger partial charge in [0.1, 0.15) is 5.75 Å². The molecule has 6 nitrogen and oxygen atoms in total. The van der Waals surface area contributed by atoms with Crippen LogP contribution in [0, 0.1) is 10.1 Å². The summed E-state index contributed by atoms with van der Waals surface area (Å²) in [6.07, 6.45) is 1.53. The zero-order chi connectivity index (χ0) is 16.4. The summed E-state index contributed by atoms with van der Waals surface area (Å²) < 4.78 is 5.16. The van der Waals surface area contributed by atoms with E-state index in [2.05, 4.69) is 10.3 Å². The first kappa shape index (κ1) is 15.1. The fraction of sp³-hybridized carbons (Fsp3) is 0.0625. The Bertz CT molecular complexity index is 882. The summed E-state index contributed by atoms with van der Waals surface area (Å²) in [5, 5.41) is 15.7. The number of ether oxygens (including phenoxy) is 1. The van der Waals surface area contributed by atoms with Crippen LogP contribution in [0.1, 0.15) is 0 Å². The van der Waals surface area contributed by atoms with Crippen molar-refractivity contribution in [2.24, 2.45) is 0 Å². The summed E-state index contributed by atoms with van der Waals surface area (Å²) in [6, 6.07) is 12.0. The number of aromatic nitrogens is 1. The average molecular weight is 330 g/mol. The van der Waals surface area contributed by atoms with Crippen LogP contribution in [0.4, 0.5) is 17.1 Å². The Hall–Kier alpha value is -2.86. The molecule has 1 N–H and O–H groups in total. The van der Waals surface area contributed by atoms with Crippen LogP contribution in [0.2, 0.25) is 5.02 Å². The molecule has 2 aromatic carbocycles. The first-order chi connectivity index (χ1) is 11.1.